The van der Waals surface area contributed by atoms with Crippen LogP contribution in [0.2, 0.25) is 10.0 Å². The first kappa shape index (κ1) is 18.6. The summed E-state index contributed by atoms with van der Waals surface area (Å²) in [5, 5.41) is 9.33. The SMILES string of the molecule is O=C(Cn1cccn1)NCC(c1ccc(Cl)cc1Cl)c1c[nH]c2ccccc12. The van der Waals surface area contributed by atoms with Crippen LogP contribution in [-0.4, -0.2) is 27.2 Å². The number of benzene rings is 2. The van der Waals surface area contributed by atoms with Gasteiger partial charge in [0.2, 0.25) is 5.91 Å². The minimum Gasteiger partial charge on any atom is -0.361 e. The molecule has 0 radical (unpaired) electrons. The van der Waals surface area contributed by atoms with Gasteiger partial charge in [-0.15, -0.1) is 0 Å². The molecule has 0 saturated carbocycles. The van der Waals surface area contributed by atoms with Crippen LogP contribution in [0.25, 0.3) is 10.9 Å². The van der Waals surface area contributed by atoms with E-state index in [1.165, 1.54) is 0 Å². The first-order valence-corrected chi connectivity index (χ1v) is 9.62. The van der Waals surface area contributed by atoms with Crippen molar-refractivity contribution in [3.8, 4) is 0 Å². The smallest absolute Gasteiger partial charge is 0.241 e. The number of nitrogens with zero attached hydrogens (tertiary/aromatic N) is 2. The van der Waals surface area contributed by atoms with E-state index < -0.39 is 0 Å². The fourth-order valence-electron chi connectivity index (χ4n) is 3.37. The number of hydrogen-bond donors (Lipinski definition) is 2. The van der Waals surface area contributed by atoms with Gasteiger partial charge in [-0.1, -0.05) is 47.5 Å². The number of rotatable bonds is 6. The lowest BCUT2D eigenvalue weighted by atomic mass is 9.90. The van der Waals surface area contributed by atoms with E-state index in [-0.39, 0.29) is 18.4 Å². The molecule has 2 heterocycles. The van der Waals surface area contributed by atoms with E-state index in [9.17, 15) is 4.79 Å². The number of carbonyl (C=O) groups is 1. The van der Waals surface area contributed by atoms with E-state index in [0.717, 1.165) is 22.0 Å². The second kappa shape index (κ2) is 8.09. The number of aromatic nitrogens is 3. The molecule has 0 aliphatic rings. The molecule has 5 nitrogen and oxygen atoms in total. The number of hydrogen-bond acceptors (Lipinski definition) is 2. The highest BCUT2D eigenvalue weighted by atomic mass is 35.5. The van der Waals surface area contributed by atoms with Gasteiger partial charge in [0, 0.05) is 52.0 Å². The van der Waals surface area contributed by atoms with Gasteiger partial charge in [-0.25, -0.2) is 0 Å². The van der Waals surface area contributed by atoms with Crippen molar-refractivity contribution < 1.29 is 4.79 Å². The number of fused-ring (bicyclic) bond motifs is 1. The van der Waals surface area contributed by atoms with Gasteiger partial charge in [-0.05, 0) is 35.4 Å². The third-order valence-electron chi connectivity index (χ3n) is 4.70. The number of carbonyl (C=O) groups excluding carboxylic acids is 1. The Bertz CT molecular complexity index is 1100. The molecule has 142 valence electrons. The van der Waals surface area contributed by atoms with E-state index in [2.05, 4.69) is 21.5 Å². The zero-order chi connectivity index (χ0) is 19.5. The van der Waals surface area contributed by atoms with Gasteiger partial charge in [-0.2, -0.15) is 5.10 Å². The number of para-hydroxylation sites is 1. The van der Waals surface area contributed by atoms with E-state index in [0.29, 0.717) is 16.6 Å². The topological polar surface area (TPSA) is 62.7 Å². The molecule has 28 heavy (non-hydrogen) atoms. The maximum atomic E-state index is 12.4. The predicted octanol–water partition coefficient (Wildman–Crippen LogP) is 4.62. The predicted molar refractivity (Wildman–Crippen MR) is 112 cm³/mol. The van der Waals surface area contributed by atoms with Crippen LogP contribution < -0.4 is 5.32 Å². The van der Waals surface area contributed by atoms with Crippen LogP contribution in [0.5, 0.6) is 0 Å². The summed E-state index contributed by atoms with van der Waals surface area (Å²) in [6.45, 7) is 0.575. The first-order valence-electron chi connectivity index (χ1n) is 8.87. The maximum Gasteiger partial charge on any atom is 0.241 e. The highest BCUT2D eigenvalue weighted by Crippen LogP contribution is 2.35. The largest absolute Gasteiger partial charge is 0.361 e. The van der Waals surface area contributed by atoms with Crippen LogP contribution >= 0.6 is 23.2 Å². The lowest BCUT2D eigenvalue weighted by Gasteiger charge is -2.20. The van der Waals surface area contributed by atoms with Crippen molar-refractivity contribution >= 4 is 40.0 Å². The van der Waals surface area contributed by atoms with Gasteiger partial charge in [0.15, 0.2) is 0 Å². The fourth-order valence-corrected chi connectivity index (χ4v) is 3.91. The monoisotopic (exact) mass is 412 g/mol. The van der Waals surface area contributed by atoms with Crippen molar-refractivity contribution in [3.05, 3.63) is 88.3 Å². The summed E-state index contributed by atoms with van der Waals surface area (Å²) in [7, 11) is 0. The highest BCUT2D eigenvalue weighted by molar-refractivity contribution is 6.35. The lowest BCUT2D eigenvalue weighted by molar-refractivity contribution is -0.121. The van der Waals surface area contributed by atoms with Crippen LogP contribution in [0.1, 0.15) is 17.0 Å². The molecule has 1 amide bonds. The molecule has 4 aromatic rings. The zero-order valence-corrected chi connectivity index (χ0v) is 16.4. The fraction of sp³-hybridized carbons (Fsp3) is 0.143. The van der Waals surface area contributed by atoms with Crippen LogP contribution in [0.4, 0.5) is 0 Å². The molecule has 4 rings (SSSR count). The Labute approximate surface area is 172 Å². The Morgan fingerprint density at radius 2 is 2.00 bits per heavy atom. The van der Waals surface area contributed by atoms with Gasteiger partial charge in [-0.3, -0.25) is 9.48 Å². The molecule has 0 saturated heterocycles. The zero-order valence-electron chi connectivity index (χ0n) is 14.9. The van der Waals surface area contributed by atoms with Gasteiger partial charge >= 0.3 is 0 Å². The molecule has 2 aromatic heterocycles. The minimum atomic E-state index is -0.123. The average Bonchev–Trinajstić information content (AvgIpc) is 3.33. The summed E-state index contributed by atoms with van der Waals surface area (Å²) in [5.41, 5.74) is 3.02. The van der Waals surface area contributed by atoms with Gasteiger partial charge in [0.05, 0.1) is 0 Å². The molecule has 0 spiro atoms. The lowest BCUT2D eigenvalue weighted by Crippen LogP contribution is -2.32. The third kappa shape index (κ3) is 3.91. The minimum absolute atomic E-state index is 0.112. The number of aromatic amines is 1. The summed E-state index contributed by atoms with van der Waals surface area (Å²) in [6, 6.07) is 15.3. The molecule has 1 unspecified atom stereocenters. The quantitative estimate of drug-likeness (QED) is 0.485. The summed E-state index contributed by atoms with van der Waals surface area (Å²) >= 11 is 12.6. The van der Waals surface area contributed by atoms with Gasteiger partial charge < -0.3 is 10.3 Å². The molecule has 0 bridgehead atoms. The Morgan fingerprint density at radius 1 is 1.14 bits per heavy atom. The second-order valence-corrected chi connectivity index (χ2v) is 7.36. The van der Waals surface area contributed by atoms with Crippen molar-refractivity contribution in [2.45, 2.75) is 12.5 Å². The van der Waals surface area contributed by atoms with Crippen molar-refractivity contribution in [3.63, 3.8) is 0 Å². The van der Waals surface area contributed by atoms with Crippen LogP contribution in [-0.2, 0) is 11.3 Å². The number of amides is 1. The summed E-state index contributed by atoms with van der Waals surface area (Å²) < 4.78 is 1.59. The Kier molecular flexibility index (Phi) is 5.37. The van der Waals surface area contributed by atoms with Crippen molar-refractivity contribution in [2.24, 2.45) is 0 Å². The van der Waals surface area contributed by atoms with Crippen molar-refractivity contribution in [1.29, 1.82) is 0 Å². The normalized spacial score (nSPS) is 12.2. The van der Waals surface area contributed by atoms with E-state index in [1.807, 2.05) is 36.5 Å². The average molecular weight is 413 g/mol. The molecule has 1 atom stereocenters. The van der Waals surface area contributed by atoms with E-state index in [1.54, 1.807) is 29.2 Å². The maximum absolute atomic E-state index is 12.4. The van der Waals surface area contributed by atoms with Crippen molar-refractivity contribution in [1.82, 2.24) is 20.1 Å². The second-order valence-electron chi connectivity index (χ2n) is 6.52. The van der Waals surface area contributed by atoms with Crippen LogP contribution in [0.3, 0.4) is 0 Å². The first-order chi connectivity index (χ1) is 13.6. The van der Waals surface area contributed by atoms with Crippen LogP contribution in [0.15, 0.2) is 67.1 Å². The Morgan fingerprint density at radius 3 is 2.79 bits per heavy atom. The highest BCUT2D eigenvalue weighted by Gasteiger charge is 2.21. The summed E-state index contributed by atoms with van der Waals surface area (Å²) in [4.78, 5) is 15.7. The van der Waals surface area contributed by atoms with E-state index in [4.69, 9.17) is 23.2 Å². The summed E-state index contributed by atoms with van der Waals surface area (Å²) in [5.74, 6) is -0.235. The van der Waals surface area contributed by atoms with Crippen LogP contribution in [0, 0.1) is 0 Å². The van der Waals surface area contributed by atoms with E-state index >= 15 is 0 Å². The third-order valence-corrected chi connectivity index (χ3v) is 5.27. The van der Waals surface area contributed by atoms with Gasteiger partial charge in [0.25, 0.3) is 0 Å². The molecule has 2 aromatic carbocycles. The summed E-state index contributed by atoms with van der Waals surface area (Å²) in [6.07, 6.45) is 5.38. The molecule has 0 aliphatic carbocycles. The number of halogens is 2. The standard InChI is InChI=1S/C21H18Cl2N4O/c22-14-6-7-15(19(23)10-14)17(12-25-21(28)13-27-9-3-8-26-27)18-11-24-20-5-2-1-4-16(18)20/h1-11,17,24H,12-13H2,(H,25,28). The Hall–Kier alpha value is -2.76. The molecule has 2 N–H and O–H groups in total. The van der Waals surface area contributed by atoms with Crippen molar-refractivity contribution in [2.75, 3.05) is 6.54 Å². The molecule has 0 aliphatic heterocycles. The molecule has 0 fully saturated rings. The number of H-pyrrole nitrogens is 1. The number of nitrogens with one attached hydrogen (secondary N) is 2. The molecule has 7 heteroatoms. The Balaban J connectivity index is 1.64. The molecular weight excluding hydrogens is 395 g/mol. The molecular formula is C21H18Cl2N4O. The van der Waals surface area contributed by atoms with Gasteiger partial charge in [0.1, 0.15) is 6.54 Å².